The molecule has 0 bridgehead atoms. The second-order valence-electron chi connectivity index (χ2n) is 9.61. The zero-order valence-electron chi connectivity index (χ0n) is 21.9. The standard InChI is InChI=1S/C28H39N3O4S/c1-5-22-14-9-12-18-26(22)31(36(4,34)35)20-27(32)30(19-23-15-8-7-13-21(23)3)25(6-2)28(33)29-24-16-10-11-17-24/h7-9,12-15,18,24-25H,5-6,10-11,16-17,19-20H2,1-4H3,(H,29,33)/t25-/m0/s1. The summed E-state index contributed by atoms with van der Waals surface area (Å²) in [5.74, 6) is -0.575. The van der Waals surface area contributed by atoms with Crippen LogP contribution in [0.4, 0.5) is 5.69 Å². The molecule has 7 nitrogen and oxygen atoms in total. The van der Waals surface area contributed by atoms with Crippen molar-refractivity contribution in [1.82, 2.24) is 10.2 Å². The van der Waals surface area contributed by atoms with Gasteiger partial charge >= 0.3 is 0 Å². The normalized spacial score (nSPS) is 14.9. The topological polar surface area (TPSA) is 86.8 Å². The predicted octanol–water partition coefficient (Wildman–Crippen LogP) is 4.19. The van der Waals surface area contributed by atoms with Crippen LogP contribution in [0.25, 0.3) is 0 Å². The van der Waals surface area contributed by atoms with Crippen molar-refractivity contribution in [3.63, 3.8) is 0 Å². The van der Waals surface area contributed by atoms with Crippen LogP contribution in [0.15, 0.2) is 48.5 Å². The van der Waals surface area contributed by atoms with E-state index in [-0.39, 0.29) is 25.0 Å². The molecule has 0 spiro atoms. The summed E-state index contributed by atoms with van der Waals surface area (Å²) in [7, 11) is -3.75. The first-order valence-corrected chi connectivity index (χ1v) is 14.7. The van der Waals surface area contributed by atoms with E-state index >= 15 is 0 Å². The van der Waals surface area contributed by atoms with E-state index in [0.29, 0.717) is 18.5 Å². The van der Waals surface area contributed by atoms with Gasteiger partial charge in [-0.1, -0.05) is 69.2 Å². The van der Waals surface area contributed by atoms with Crippen LogP contribution in [-0.4, -0.2) is 50.0 Å². The van der Waals surface area contributed by atoms with Crippen LogP contribution in [0, 0.1) is 6.92 Å². The van der Waals surface area contributed by atoms with E-state index in [1.165, 1.54) is 4.31 Å². The van der Waals surface area contributed by atoms with Gasteiger partial charge in [-0.05, 0) is 55.4 Å². The molecule has 0 aliphatic heterocycles. The number of benzene rings is 2. The van der Waals surface area contributed by atoms with Gasteiger partial charge < -0.3 is 10.2 Å². The highest BCUT2D eigenvalue weighted by Gasteiger charge is 2.33. The van der Waals surface area contributed by atoms with Crippen LogP contribution >= 0.6 is 0 Å². The molecular weight excluding hydrogens is 474 g/mol. The molecule has 0 aromatic heterocycles. The number of nitrogens with one attached hydrogen (secondary N) is 1. The van der Waals surface area contributed by atoms with Crippen molar-refractivity contribution in [1.29, 1.82) is 0 Å². The number of anilines is 1. The molecule has 2 aromatic carbocycles. The maximum absolute atomic E-state index is 13.9. The molecule has 2 aromatic rings. The molecule has 0 heterocycles. The number of hydrogen-bond acceptors (Lipinski definition) is 4. The van der Waals surface area contributed by atoms with E-state index in [1.54, 1.807) is 17.0 Å². The van der Waals surface area contributed by atoms with E-state index in [4.69, 9.17) is 0 Å². The molecule has 196 valence electrons. The maximum Gasteiger partial charge on any atom is 0.244 e. The van der Waals surface area contributed by atoms with Gasteiger partial charge in [0.05, 0.1) is 11.9 Å². The van der Waals surface area contributed by atoms with Gasteiger partial charge in [0, 0.05) is 12.6 Å². The second kappa shape index (κ2) is 12.4. The monoisotopic (exact) mass is 513 g/mol. The number of nitrogens with zero attached hydrogens (tertiary/aromatic N) is 2. The first-order valence-electron chi connectivity index (χ1n) is 12.9. The van der Waals surface area contributed by atoms with E-state index in [0.717, 1.165) is 48.6 Å². The Balaban J connectivity index is 1.96. The molecule has 1 saturated carbocycles. The SMILES string of the molecule is CCc1ccccc1N(CC(=O)N(Cc1ccccc1C)[C@@H](CC)C(=O)NC1CCCC1)S(C)(=O)=O. The maximum atomic E-state index is 13.9. The second-order valence-corrected chi connectivity index (χ2v) is 11.5. The fraction of sp³-hybridized carbons (Fsp3) is 0.500. The van der Waals surface area contributed by atoms with Gasteiger partial charge in [-0.25, -0.2) is 8.42 Å². The number of carbonyl (C=O) groups excluding carboxylic acids is 2. The molecular formula is C28H39N3O4S. The van der Waals surface area contributed by atoms with Crippen LogP contribution < -0.4 is 9.62 Å². The van der Waals surface area contributed by atoms with Gasteiger partial charge in [0.15, 0.2) is 0 Å². The Kier molecular flexibility index (Phi) is 9.54. The lowest BCUT2D eigenvalue weighted by atomic mass is 10.1. The minimum atomic E-state index is -3.75. The number of rotatable bonds is 11. The Bertz CT molecular complexity index is 1160. The molecule has 1 aliphatic rings. The summed E-state index contributed by atoms with van der Waals surface area (Å²) in [6.45, 7) is 5.67. The molecule has 1 N–H and O–H groups in total. The van der Waals surface area contributed by atoms with Crippen molar-refractivity contribution < 1.29 is 18.0 Å². The first kappa shape index (κ1) is 27.7. The summed E-state index contributed by atoms with van der Waals surface area (Å²) in [5.41, 5.74) is 3.28. The lowest BCUT2D eigenvalue weighted by molar-refractivity contribution is -0.140. The average molecular weight is 514 g/mol. The molecule has 1 atom stereocenters. The van der Waals surface area contributed by atoms with E-state index < -0.39 is 22.0 Å². The van der Waals surface area contributed by atoms with E-state index in [1.807, 2.05) is 57.2 Å². The van der Waals surface area contributed by atoms with Gasteiger partial charge in [-0.2, -0.15) is 0 Å². The predicted molar refractivity (Wildman–Crippen MR) is 144 cm³/mol. The molecule has 2 amide bonds. The Labute approximate surface area is 215 Å². The molecule has 36 heavy (non-hydrogen) atoms. The Hall–Kier alpha value is -2.87. The molecule has 1 aliphatic carbocycles. The number of hydrogen-bond donors (Lipinski definition) is 1. The summed E-state index contributed by atoms with van der Waals surface area (Å²) < 4.78 is 26.9. The van der Waals surface area contributed by atoms with Crippen LogP contribution in [0.1, 0.15) is 62.6 Å². The zero-order valence-corrected chi connectivity index (χ0v) is 22.7. The van der Waals surface area contributed by atoms with Crippen molar-refractivity contribution in [2.24, 2.45) is 0 Å². The zero-order chi connectivity index (χ0) is 26.3. The number of sulfonamides is 1. The van der Waals surface area contributed by atoms with E-state index in [9.17, 15) is 18.0 Å². The highest BCUT2D eigenvalue weighted by molar-refractivity contribution is 7.92. The smallest absolute Gasteiger partial charge is 0.244 e. The van der Waals surface area contributed by atoms with Crippen LogP contribution in [0.5, 0.6) is 0 Å². The highest BCUT2D eigenvalue weighted by Crippen LogP contribution is 2.25. The van der Waals surface area contributed by atoms with Crippen molar-refractivity contribution in [3.8, 4) is 0 Å². The summed E-state index contributed by atoms with van der Waals surface area (Å²) in [5, 5.41) is 3.13. The van der Waals surface area contributed by atoms with Gasteiger partial charge in [0.2, 0.25) is 21.8 Å². The number of aryl methyl sites for hydroxylation is 2. The van der Waals surface area contributed by atoms with Gasteiger partial charge in [0.25, 0.3) is 0 Å². The summed E-state index contributed by atoms with van der Waals surface area (Å²) in [6.07, 6.45) is 6.25. The quantitative estimate of drug-likeness (QED) is 0.488. The number of para-hydroxylation sites is 1. The summed E-state index contributed by atoms with van der Waals surface area (Å²) in [6, 6.07) is 14.4. The van der Waals surface area contributed by atoms with Gasteiger partial charge in [-0.3, -0.25) is 13.9 Å². The Morgan fingerprint density at radius 1 is 1.00 bits per heavy atom. The molecule has 0 saturated heterocycles. The van der Waals surface area contributed by atoms with Crippen LogP contribution in [-0.2, 0) is 32.6 Å². The fourth-order valence-electron chi connectivity index (χ4n) is 4.91. The molecule has 0 radical (unpaired) electrons. The third kappa shape index (κ3) is 6.87. The number of amides is 2. The molecule has 1 fully saturated rings. The average Bonchev–Trinajstić information content (AvgIpc) is 3.35. The van der Waals surface area contributed by atoms with Crippen molar-refractivity contribution >= 4 is 27.5 Å². The number of carbonyl (C=O) groups is 2. The minimum Gasteiger partial charge on any atom is -0.352 e. The molecule has 8 heteroatoms. The van der Waals surface area contributed by atoms with Crippen molar-refractivity contribution in [2.75, 3.05) is 17.1 Å². The van der Waals surface area contributed by atoms with Crippen LogP contribution in [0.2, 0.25) is 0 Å². The van der Waals surface area contributed by atoms with E-state index in [2.05, 4.69) is 5.32 Å². The first-order chi connectivity index (χ1) is 17.2. The third-order valence-corrected chi connectivity index (χ3v) is 8.14. The highest BCUT2D eigenvalue weighted by atomic mass is 32.2. The van der Waals surface area contributed by atoms with Crippen LogP contribution in [0.3, 0.4) is 0 Å². The minimum absolute atomic E-state index is 0.130. The lowest BCUT2D eigenvalue weighted by Crippen LogP contribution is -2.53. The third-order valence-electron chi connectivity index (χ3n) is 7.01. The summed E-state index contributed by atoms with van der Waals surface area (Å²) >= 11 is 0. The molecule has 0 unspecified atom stereocenters. The van der Waals surface area contributed by atoms with Crippen molar-refractivity contribution in [3.05, 3.63) is 65.2 Å². The van der Waals surface area contributed by atoms with Gasteiger partial charge in [-0.15, -0.1) is 0 Å². The Morgan fingerprint density at radius 3 is 2.19 bits per heavy atom. The molecule has 3 rings (SSSR count). The lowest BCUT2D eigenvalue weighted by Gasteiger charge is -2.34. The summed E-state index contributed by atoms with van der Waals surface area (Å²) in [4.78, 5) is 28.8. The Morgan fingerprint density at radius 2 is 1.61 bits per heavy atom. The van der Waals surface area contributed by atoms with Crippen molar-refractivity contribution in [2.45, 2.75) is 77.9 Å². The fourth-order valence-corrected chi connectivity index (χ4v) is 5.79. The largest absolute Gasteiger partial charge is 0.352 e. The van der Waals surface area contributed by atoms with Gasteiger partial charge in [0.1, 0.15) is 12.6 Å².